The van der Waals surface area contributed by atoms with Gasteiger partial charge in [0.2, 0.25) is 0 Å². The van der Waals surface area contributed by atoms with Gasteiger partial charge in [-0.1, -0.05) is 23.7 Å². The summed E-state index contributed by atoms with van der Waals surface area (Å²) < 4.78 is 0. The lowest BCUT2D eigenvalue weighted by molar-refractivity contribution is 0.217. The molecule has 2 amide bonds. The van der Waals surface area contributed by atoms with Gasteiger partial charge in [0.05, 0.1) is 18.7 Å². The number of aliphatic hydroxyl groups is 1. The van der Waals surface area contributed by atoms with Gasteiger partial charge < -0.3 is 15.7 Å². The van der Waals surface area contributed by atoms with Crippen LogP contribution in [-0.4, -0.2) is 23.8 Å². The molecule has 4 nitrogen and oxygen atoms in total. The van der Waals surface area contributed by atoms with Crippen LogP contribution in [0, 0.1) is 0 Å². The molecule has 3 N–H and O–H groups in total. The van der Waals surface area contributed by atoms with Crippen molar-refractivity contribution in [1.29, 1.82) is 0 Å². The highest BCUT2D eigenvalue weighted by Gasteiger charge is 2.25. The van der Waals surface area contributed by atoms with E-state index in [1.54, 1.807) is 6.92 Å². The molecule has 2 unspecified atom stereocenters. The summed E-state index contributed by atoms with van der Waals surface area (Å²) in [6.07, 6.45) is 1.75. The van der Waals surface area contributed by atoms with E-state index in [1.165, 1.54) is 0 Å². The lowest BCUT2D eigenvalue weighted by atomic mass is 10.1. The number of hydrogen-bond acceptors (Lipinski definition) is 2. The maximum absolute atomic E-state index is 11.7. The van der Waals surface area contributed by atoms with Crippen LogP contribution in [0.4, 0.5) is 4.79 Å². The van der Waals surface area contributed by atoms with Crippen LogP contribution in [0.1, 0.15) is 30.5 Å². The van der Waals surface area contributed by atoms with E-state index in [-0.39, 0.29) is 24.7 Å². The fraction of sp³-hybridized carbons (Fsp3) is 0.462. The van der Waals surface area contributed by atoms with Crippen molar-refractivity contribution >= 4 is 17.6 Å². The molecule has 18 heavy (non-hydrogen) atoms. The van der Waals surface area contributed by atoms with Crippen molar-refractivity contribution in [3.8, 4) is 0 Å². The molecular weight excluding hydrogens is 252 g/mol. The van der Waals surface area contributed by atoms with Gasteiger partial charge in [-0.25, -0.2) is 4.79 Å². The molecule has 0 aromatic heterocycles. The van der Waals surface area contributed by atoms with Crippen molar-refractivity contribution in [1.82, 2.24) is 10.6 Å². The van der Waals surface area contributed by atoms with E-state index in [0.717, 1.165) is 29.0 Å². The molecule has 2 rings (SSSR count). The number of carbonyl (C=O) groups is 1. The molecule has 0 bridgehead atoms. The third-order valence-electron chi connectivity index (χ3n) is 3.17. The number of fused-ring (bicyclic) bond motifs is 1. The standard InChI is InChI=1S/C13H17ClN2O2/c1-8(7-17)15-13(18)16-12-6-5-9-10(12)3-2-4-11(9)14/h2-4,8,12,17H,5-7H2,1H3,(H2,15,16,18). The normalized spacial score (nSPS) is 19.2. The Morgan fingerprint density at radius 3 is 3.11 bits per heavy atom. The molecule has 2 atom stereocenters. The zero-order valence-electron chi connectivity index (χ0n) is 10.2. The summed E-state index contributed by atoms with van der Waals surface area (Å²) in [5.41, 5.74) is 2.22. The Labute approximate surface area is 111 Å². The number of nitrogens with one attached hydrogen (secondary N) is 2. The fourth-order valence-electron chi connectivity index (χ4n) is 2.23. The first-order valence-electron chi connectivity index (χ1n) is 6.07. The van der Waals surface area contributed by atoms with Crippen molar-refractivity contribution < 1.29 is 9.90 Å². The third-order valence-corrected chi connectivity index (χ3v) is 3.52. The molecule has 1 aromatic rings. The topological polar surface area (TPSA) is 61.4 Å². The SMILES string of the molecule is CC(CO)NC(=O)NC1CCc2c(Cl)cccc21. The van der Waals surface area contributed by atoms with E-state index in [1.807, 2.05) is 18.2 Å². The van der Waals surface area contributed by atoms with Crippen LogP contribution in [0.15, 0.2) is 18.2 Å². The average molecular weight is 269 g/mol. The lowest BCUT2D eigenvalue weighted by Crippen LogP contribution is -2.43. The molecular formula is C13H17ClN2O2. The summed E-state index contributed by atoms with van der Waals surface area (Å²) in [6.45, 7) is 1.68. The molecule has 98 valence electrons. The highest BCUT2D eigenvalue weighted by molar-refractivity contribution is 6.31. The van der Waals surface area contributed by atoms with E-state index >= 15 is 0 Å². The van der Waals surface area contributed by atoms with Gasteiger partial charge in [-0.2, -0.15) is 0 Å². The second-order valence-electron chi connectivity index (χ2n) is 4.60. The minimum Gasteiger partial charge on any atom is -0.394 e. The Bertz CT molecular complexity index is 451. The first-order valence-corrected chi connectivity index (χ1v) is 6.44. The fourth-order valence-corrected chi connectivity index (χ4v) is 2.51. The van der Waals surface area contributed by atoms with Crippen LogP contribution in [-0.2, 0) is 6.42 Å². The van der Waals surface area contributed by atoms with Crippen LogP contribution in [0.25, 0.3) is 0 Å². The quantitative estimate of drug-likeness (QED) is 0.785. The zero-order valence-corrected chi connectivity index (χ0v) is 11.0. The zero-order chi connectivity index (χ0) is 13.1. The van der Waals surface area contributed by atoms with E-state index in [2.05, 4.69) is 10.6 Å². The molecule has 0 aliphatic heterocycles. The molecule has 0 heterocycles. The van der Waals surface area contributed by atoms with Gasteiger partial charge in [-0.3, -0.25) is 0 Å². The number of urea groups is 1. The van der Waals surface area contributed by atoms with E-state index in [4.69, 9.17) is 16.7 Å². The van der Waals surface area contributed by atoms with Crippen molar-refractivity contribution in [2.75, 3.05) is 6.61 Å². The summed E-state index contributed by atoms with van der Waals surface area (Å²) in [7, 11) is 0. The first kappa shape index (κ1) is 13.2. The number of carbonyl (C=O) groups excluding carboxylic acids is 1. The van der Waals surface area contributed by atoms with Gasteiger partial charge >= 0.3 is 6.03 Å². The van der Waals surface area contributed by atoms with Gasteiger partial charge in [0, 0.05) is 5.02 Å². The summed E-state index contributed by atoms with van der Waals surface area (Å²) >= 11 is 6.12. The van der Waals surface area contributed by atoms with E-state index in [0.29, 0.717) is 0 Å². The van der Waals surface area contributed by atoms with E-state index < -0.39 is 0 Å². The molecule has 0 fully saturated rings. The maximum atomic E-state index is 11.7. The second-order valence-corrected chi connectivity index (χ2v) is 5.01. The number of hydrogen-bond donors (Lipinski definition) is 3. The largest absolute Gasteiger partial charge is 0.394 e. The van der Waals surface area contributed by atoms with Gasteiger partial charge in [0.1, 0.15) is 0 Å². The molecule has 0 saturated carbocycles. The Hall–Kier alpha value is -1.26. The number of amides is 2. The van der Waals surface area contributed by atoms with Gasteiger partial charge in [0.15, 0.2) is 0 Å². The van der Waals surface area contributed by atoms with Crippen LogP contribution in [0.2, 0.25) is 5.02 Å². The molecule has 0 radical (unpaired) electrons. The molecule has 0 spiro atoms. The molecule has 1 aliphatic rings. The highest BCUT2D eigenvalue weighted by atomic mass is 35.5. The Balaban J connectivity index is 2.02. The highest BCUT2D eigenvalue weighted by Crippen LogP contribution is 2.35. The summed E-state index contributed by atoms with van der Waals surface area (Å²) in [5, 5.41) is 15.2. The monoisotopic (exact) mass is 268 g/mol. The van der Waals surface area contributed by atoms with Crippen LogP contribution in [0.5, 0.6) is 0 Å². The molecule has 5 heteroatoms. The smallest absolute Gasteiger partial charge is 0.315 e. The Morgan fingerprint density at radius 1 is 1.61 bits per heavy atom. The Morgan fingerprint density at radius 2 is 2.39 bits per heavy atom. The van der Waals surface area contributed by atoms with Crippen molar-refractivity contribution in [2.45, 2.75) is 31.8 Å². The average Bonchev–Trinajstić information content (AvgIpc) is 2.74. The lowest BCUT2D eigenvalue weighted by Gasteiger charge is -2.17. The number of halogens is 1. The second kappa shape index (κ2) is 5.59. The van der Waals surface area contributed by atoms with Gasteiger partial charge in [-0.05, 0) is 37.0 Å². The summed E-state index contributed by atoms with van der Waals surface area (Å²) in [4.78, 5) is 11.7. The maximum Gasteiger partial charge on any atom is 0.315 e. The predicted molar refractivity (Wildman–Crippen MR) is 70.7 cm³/mol. The summed E-state index contributed by atoms with van der Waals surface area (Å²) in [5.74, 6) is 0. The van der Waals surface area contributed by atoms with Gasteiger partial charge in [-0.15, -0.1) is 0 Å². The van der Waals surface area contributed by atoms with Crippen LogP contribution >= 0.6 is 11.6 Å². The van der Waals surface area contributed by atoms with Crippen molar-refractivity contribution in [3.63, 3.8) is 0 Å². The van der Waals surface area contributed by atoms with Crippen molar-refractivity contribution in [3.05, 3.63) is 34.3 Å². The third kappa shape index (κ3) is 2.76. The van der Waals surface area contributed by atoms with Gasteiger partial charge in [0.25, 0.3) is 0 Å². The predicted octanol–water partition coefficient (Wildman–Crippen LogP) is 2.01. The number of aliphatic hydroxyl groups excluding tert-OH is 1. The molecule has 1 aromatic carbocycles. The van der Waals surface area contributed by atoms with Crippen molar-refractivity contribution in [2.24, 2.45) is 0 Å². The molecule has 0 saturated heterocycles. The molecule has 1 aliphatic carbocycles. The first-order chi connectivity index (χ1) is 8.61. The number of benzene rings is 1. The minimum absolute atomic E-state index is 0.00425. The number of rotatable bonds is 3. The van der Waals surface area contributed by atoms with Crippen LogP contribution in [0.3, 0.4) is 0 Å². The minimum atomic E-state index is -0.255. The van der Waals surface area contributed by atoms with Crippen LogP contribution < -0.4 is 10.6 Å². The van der Waals surface area contributed by atoms with E-state index in [9.17, 15) is 4.79 Å². The Kier molecular flexibility index (Phi) is 4.09. The summed E-state index contributed by atoms with van der Waals surface area (Å²) in [6, 6.07) is 5.27.